The van der Waals surface area contributed by atoms with Gasteiger partial charge in [0.1, 0.15) is 18.2 Å². The van der Waals surface area contributed by atoms with Crippen molar-refractivity contribution in [3.8, 4) is 0 Å². The fourth-order valence-electron chi connectivity index (χ4n) is 2.00. The lowest BCUT2D eigenvalue weighted by molar-refractivity contribution is 0.178. The van der Waals surface area contributed by atoms with E-state index in [2.05, 4.69) is 58.8 Å². The zero-order chi connectivity index (χ0) is 15.2. The second kappa shape index (κ2) is 7.01. The number of anilines is 2. The van der Waals surface area contributed by atoms with Crippen molar-refractivity contribution in [3.05, 3.63) is 47.3 Å². The lowest BCUT2D eigenvalue weighted by atomic mass is 10.1. The number of ether oxygens (including phenoxy) is 1. The monoisotopic (exact) mass is 287 g/mol. The van der Waals surface area contributed by atoms with E-state index >= 15 is 0 Å². The zero-order valence-corrected chi connectivity index (χ0v) is 12.6. The van der Waals surface area contributed by atoms with Crippen LogP contribution in [0.15, 0.2) is 30.3 Å². The predicted molar refractivity (Wildman–Crippen MR) is 83.8 cm³/mol. The quantitative estimate of drug-likeness (QED) is 0.559. The first-order valence-corrected chi connectivity index (χ1v) is 6.79. The highest BCUT2D eigenvalue weighted by molar-refractivity contribution is 5.48. The van der Waals surface area contributed by atoms with Gasteiger partial charge in [-0.3, -0.25) is 0 Å². The maximum Gasteiger partial charge on any atom is 0.158 e. The standard InChI is InChI=1S/C15H21N5O/c1-10-4-6-12(7-5-10)11(2)17-13-8-14(20-16)19-15(18-13)9-21-3/h4-8,11H,9,16H2,1-3H3,(H2,17,18,19,20). The molecule has 0 fully saturated rings. The number of aromatic nitrogens is 2. The molecule has 1 aromatic carbocycles. The van der Waals surface area contributed by atoms with Crippen LogP contribution >= 0.6 is 0 Å². The lowest BCUT2D eigenvalue weighted by Crippen LogP contribution is -2.14. The first kappa shape index (κ1) is 15.2. The summed E-state index contributed by atoms with van der Waals surface area (Å²) in [6.07, 6.45) is 0. The van der Waals surface area contributed by atoms with Gasteiger partial charge in [-0.15, -0.1) is 0 Å². The van der Waals surface area contributed by atoms with Crippen LogP contribution in [-0.2, 0) is 11.3 Å². The highest BCUT2D eigenvalue weighted by Gasteiger charge is 2.09. The van der Waals surface area contributed by atoms with Crippen molar-refractivity contribution in [1.82, 2.24) is 9.97 Å². The molecule has 0 saturated heterocycles. The maximum absolute atomic E-state index is 5.43. The zero-order valence-electron chi connectivity index (χ0n) is 12.6. The van der Waals surface area contributed by atoms with E-state index in [1.807, 2.05) is 0 Å². The molecule has 0 saturated carbocycles. The van der Waals surface area contributed by atoms with E-state index in [1.54, 1.807) is 13.2 Å². The van der Waals surface area contributed by atoms with Gasteiger partial charge >= 0.3 is 0 Å². The van der Waals surface area contributed by atoms with E-state index in [0.29, 0.717) is 24.1 Å². The minimum atomic E-state index is 0.126. The lowest BCUT2D eigenvalue weighted by Gasteiger charge is -2.16. The second-order valence-corrected chi connectivity index (χ2v) is 4.91. The van der Waals surface area contributed by atoms with Crippen LogP contribution < -0.4 is 16.6 Å². The molecular formula is C15H21N5O. The summed E-state index contributed by atoms with van der Waals surface area (Å²) in [6.45, 7) is 4.49. The number of nitrogens with one attached hydrogen (secondary N) is 2. The molecule has 0 bridgehead atoms. The third-order valence-electron chi connectivity index (χ3n) is 3.14. The smallest absolute Gasteiger partial charge is 0.158 e. The van der Waals surface area contributed by atoms with E-state index < -0.39 is 0 Å². The van der Waals surface area contributed by atoms with E-state index in [0.717, 1.165) is 0 Å². The van der Waals surface area contributed by atoms with Crippen molar-refractivity contribution in [2.75, 3.05) is 17.9 Å². The van der Waals surface area contributed by atoms with E-state index in [9.17, 15) is 0 Å². The van der Waals surface area contributed by atoms with Gasteiger partial charge in [0.25, 0.3) is 0 Å². The number of nitrogens with zero attached hydrogens (tertiary/aromatic N) is 2. The van der Waals surface area contributed by atoms with E-state index in [1.165, 1.54) is 11.1 Å². The molecule has 6 heteroatoms. The number of hydrogen-bond acceptors (Lipinski definition) is 6. The first-order chi connectivity index (χ1) is 10.1. The van der Waals surface area contributed by atoms with Gasteiger partial charge in [0.15, 0.2) is 5.82 Å². The Hall–Kier alpha value is -2.18. The number of rotatable bonds is 6. The molecular weight excluding hydrogens is 266 g/mol. The summed E-state index contributed by atoms with van der Waals surface area (Å²) in [5.41, 5.74) is 4.97. The van der Waals surface area contributed by atoms with Crippen molar-refractivity contribution in [2.24, 2.45) is 5.84 Å². The van der Waals surface area contributed by atoms with Crippen LogP contribution in [0.4, 0.5) is 11.6 Å². The Morgan fingerprint density at radius 2 is 1.86 bits per heavy atom. The highest BCUT2D eigenvalue weighted by atomic mass is 16.5. The van der Waals surface area contributed by atoms with Crippen molar-refractivity contribution < 1.29 is 4.74 Å². The number of nitrogen functional groups attached to an aromatic ring is 1. The van der Waals surface area contributed by atoms with Crippen molar-refractivity contribution in [1.29, 1.82) is 0 Å². The number of aryl methyl sites for hydroxylation is 1. The van der Waals surface area contributed by atoms with Gasteiger partial charge in [-0.1, -0.05) is 29.8 Å². The molecule has 0 aliphatic rings. The SMILES string of the molecule is COCc1nc(NN)cc(NC(C)c2ccc(C)cc2)n1. The van der Waals surface area contributed by atoms with Gasteiger partial charge in [0.05, 0.1) is 0 Å². The van der Waals surface area contributed by atoms with Crippen LogP contribution in [0.3, 0.4) is 0 Å². The molecule has 6 nitrogen and oxygen atoms in total. The van der Waals surface area contributed by atoms with Gasteiger partial charge in [-0.2, -0.15) is 0 Å². The maximum atomic E-state index is 5.43. The molecule has 1 aromatic heterocycles. The average Bonchev–Trinajstić information content (AvgIpc) is 2.48. The number of methoxy groups -OCH3 is 1. The summed E-state index contributed by atoms with van der Waals surface area (Å²) in [5.74, 6) is 7.27. The fourth-order valence-corrected chi connectivity index (χ4v) is 2.00. The van der Waals surface area contributed by atoms with Crippen LogP contribution in [-0.4, -0.2) is 17.1 Å². The number of hydrazine groups is 1. The summed E-state index contributed by atoms with van der Waals surface area (Å²) in [5, 5.41) is 3.35. The highest BCUT2D eigenvalue weighted by Crippen LogP contribution is 2.20. The molecule has 112 valence electrons. The molecule has 1 unspecified atom stereocenters. The molecule has 0 radical (unpaired) electrons. The molecule has 2 aromatic rings. The Morgan fingerprint density at radius 3 is 2.48 bits per heavy atom. The van der Waals surface area contributed by atoms with Gasteiger partial charge in [0.2, 0.25) is 0 Å². The Morgan fingerprint density at radius 1 is 1.19 bits per heavy atom. The molecule has 2 rings (SSSR count). The van der Waals surface area contributed by atoms with Crippen molar-refractivity contribution >= 4 is 11.6 Å². The number of benzene rings is 1. The van der Waals surface area contributed by atoms with Crippen LogP contribution in [0.1, 0.15) is 29.9 Å². The van der Waals surface area contributed by atoms with Crippen LogP contribution in [0.2, 0.25) is 0 Å². The molecule has 0 aliphatic carbocycles. The second-order valence-electron chi connectivity index (χ2n) is 4.91. The molecule has 21 heavy (non-hydrogen) atoms. The average molecular weight is 287 g/mol. The number of nitrogens with two attached hydrogens (primary N) is 1. The van der Waals surface area contributed by atoms with Gasteiger partial charge in [-0.05, 0) is 19.4 Å². The Bertz CT molecular complexity index is 585. The van der Waals surface area contributed by atoms with Crippen LogP contribution in [0, 0.1) is 6.92 Å². The van der Waals surface area contributed by atoms with Gasteiger partial charge in [0, 0.05) is 19.2 Å². The van der Waals surface area contributed by atoms with Crippen molar-refractivity contribution in [2.45, 2.75) is 26.5 Å². The first-order valence-electron chi connectivity index (χ1n) is 6.79. The van der Waals surface area contributed by atoms with Gasteiger partial charge < -0.3 is 15.5 Å². The molecule has 1 atom stereocenters. The van der Waals surface area contributed by atoms with Crippen LogP contribution in [0.25, 0.3) is 0 Å². The minimum absolute atomic E-state index is 0.126. The minimum Gasteiger partial charge on any atom is -0.377 e. The summed E-state index contributed by atoms with van der Waals surface area (Å²) >= 11 is 0. The molecule has 0 amide bonds. The molecule has 1 heterocycles. The predicted octanol–water partition coefficient (Wildman–Crippen LogP) is 2.39. The van der Waals surface area contributed by atoms with Crippen molar-refractivity contribution in [3.63, 3.8) is 0 Å². The summed E-state index contributed by atoms with van der Waals surface area (Å²) in [6, 6.07) is 10.3. The Balaban J connectivity index is 2.17. The molecule has 4 N–H and O–H groups in total. The Labute approximate surface area is 124 Å². The summed E-state index contributed by atoms with van der Waals surface area (Å²) in [7, 11) is 1.61. The Kier molecular flexibility index (Phi) is 5.08. The normalized spacial score (nSPS) is 12.0. The summed E-state index contributed by atoms with van der Waals surface area (Å²) < 4.78 is 5.06. The van der Waals surface area contributed by atoms with E-state index in [-0.39, 0.29) is 6.04 Å². The van der Waals surface area contributed by atoms with Crippen LogP contribution in [0.5, 0.6) is 0 Å². The van der Waals surface area contributed by atoms with E-state index in [4.69, 9.17) is 10.6 Å². The third-order valence-corrected chi connectivity index (χ3v) is 3.14. The molecule has 0 spiro atoms. The summed E-state index contributed by atoms with van der Waals surface area (Å²) in [4.78, 5) is 8.63. The third kappa shape index (κ3) is 4.14. The van der Waals surface area contributed by atoms with Gasteiger partial charge in [-0.25, -0.2) is 15.8 Å². The number of hydrogen-bond donors (Lipinski definition) is 3. The topological polar surface area (TPSA) is 85.1 Å². The largest absolute Gasteiger partial charge is 0.377 e. The molecule has 0 aliphatic heterocycles. The fraction of sp³-hybridized carbons (Fsp3) is 0.333.